The molecule has 10 heteroatoms. The van der Waals surface area contributed by atoms with Gasteiger partial charge in [-0.1, -0.05) is 12.8 Å². The summed E-state index contributed by atoms with van der Waals surface area (Å²) in [6.45, 7) is -0.728. The zero-order valence-corrected chi connectivity index (χ0v) is 15.3. The number of urea groups is 2. The van der Waals surface area contributed by atoms with Gasteiger partial charge in [-0.05, 0) is 37.1 Å². The molecular formula is C18H20N4O6. The van der Waals surface area contributed by atoms with E-state index >= 15 is 0 Å². The molecule has 28 heavy (non-hydrogen) atoms. The summed E-state index contributed by atoms with van der Waals surface area (Å²) in [5.41, 5.74) is 0.172. The third-order valence-electron chi connectivity index (χ3n) is 4.63. The number of carbonyl (C=O) groups excluding carboxylic acids is 5. The fraction of sp³-hybridized carbons (Fsp3) is 0.389. The van der Waals surface area contributed by atoms with Crippen LogP contribution in [0.15, 0.2) is 24.3 Å². The normalized spacial score (nSPS) is 17.2. The number of ether oxygens (including phenoxy) is 1. The fourth-order valence-electron chi connectivity index (χ4n) is 3.21. The lowest BCUT2D eigenvalue weighted by molar-refractivity contribution is -0.140. The Labute approximate surface area is 160 Å². The molecule has 3 rings (SSSR count). The molecule has 2 aliphatic rings. The van der Waals surface area contributed by atoms with Gasteiger partial charge in [0.1, 0.15) is 12.3 Å². The number of carbonyl (C=O) groups is 5. The average molecular weight is 388 g/mol. The maximum atomic E-state index is 12.5. The van der Waals surface area contributed by atoms with Crippen LogP contribution in [-0.4, -0.2) is 54.4 Å². The van der Waals surface area contributed by atoms with Gasteiger partial charge in [-0.15, -0.1) is 0 Å². The molecule has 1 aromatic rings. The first-order valence-corrected chi connectivity index (χ1v) is 8.85. The number of nitrogens with zero attached hydrogens (tertiary/aromatic N) is 2. The molecule has 0 unspecified atom stereocenters. The third kappa shape index (κ3) is 3.95. The first kappa shape index (κ1) is 19.3. The highest BCUT2D eigenvalue weighted by Crippen LogP contribution is 2.24. The second kappa shape index (κ2) is 8.07. The molecule has 0 aromatic heterocycles. The van der Waals surface area contributed by atoms with Crippen molar-refractivity contribution in [3.63, 3.8) is 0 Å². The van der Waals surface area contributed by atoms with Gasteiger partial charge >= 0.3 is 23.9 Å². The summed E-state index contributed by atoms with van der Waals surface area (Å²) in [4.78, 5) is 61.9. The van der Waals surface area contributed by atoms with Gasteiger partial charge in [-0.2, -0.15) is 0 Å². The summed E-state index contributed by atoms with van der Waals surface area (Å²) in [7, 11) is 1.47. The monoisotopic (exact) mass is 388 g/mol. The quantitative estimate of drug-likeness (QED) is 0.567. The average Bonchev–Trinajstić information content (AvgIpc) is 3.25. The van der Waals surface area contributed by atoms with Crippen molar-refractivity contribution in [1.29, 1.82) is 0 Å². The van der Waals surface area contributed by atoms with Crippen LogP contribution in [0.5, 0.6) is 5.75 Å². The SMILES string of the molecule is COc1ccc(N2C(=O)C(=O)N(CC(=O)NC(=O)NC3CCCC3)C2=O)cc1. The van der Waals surface area contributed by atoms with Gasteiger partial charge in [-0.25, -0.2) is 19.4 Å². The van der Waals surface area contributed by atoms with E-state index in [1.165, 1.54) is 31.4 Å². The molecule has 148 valence electrons. The van der Waals surface area contributed by atoms with Crippen molar-refractivity contribution in [3.05, 3.63) is 24.3 Å². The highest BCUT2D eigenvalue weighted by molar-refractivity contribution is 6.53. The minimum absolute atomic E-state index is 0.00925. The number of methoxy groups -OCH3 is 1. The summed E-state index contributed by atoms with van der Waals surface area (Å²) in [6.07, 6.45) is 3.71. The molecule has 1 saturated heterocycles. The molecule has 1 saturated carbocycles. The first-order chi connectivity index (χ1) is 13.4. The van der Waals surface area contributed by atoms with Crippen LogP contribution in [0.25, 0.3) is 0 Å². The van der Waals surface area contributed by atoms with Crippen molar-refractivity contribution in [3.8, 4) is 5.75 Å². The van der Waals surface area contributed by atoms with E-state index in [1.807, 2.05) is 0 Å². The molecule has 1 heterocycles. The van der Waals surface area contributed by atoms with Crippen molar-refractivity contribution in [2.24, 2.45) is 0 Å². The van der Waals surface area contributed by atoms with Crippen LogP contribution in [0, 0.1) is 0 Å². The van der Waals surface area contributed by atoms with Crippen molar-refractivity contribution >= 4 is 35.5 Å². The highest BCUT2D eigenvalue weighted by Gasteiger charge is 2.46. The second-order valence-electron chi connectivity index (χ2n) is 6.52. The summed E-state index contributed by atoms with van der Waals surface area (Å²) in [5, 5.41) is 4.74. The predicted octanol–water partition coefficient (Wildman–Crippen LogP) is 0.759. The Hall–Kier alpha value is -3.43. The minimum Gasteiger partial charge on any atom is -0.497 e. The summed E-state index contributed by atoms with van der Waals surface area (Å²) in [6, 6.07) is 4.32. The number of anilines is 1. The number of nitrogens with one attached hydrogen (secondary N) is 2. The lowest BCUT2D eigenvalue weighted by Gasteiger charge is -2.16. The van der Waals surface area contributed by atoms with Gasteiger partial charge in [0.15, 0.2) is 0 Å². The molecule has 2 fully saturated rings. The zero-order chi connectivity index (χ0) is 20.3. The van der Waals surface area contributed by atoms with E-state index in [9.17, 15) is 24.0 Å². The van der Waals surface area contributed by atoms with Gasteiger partial charge < -0.3 is 10.1 Å². The number of imide groups is 3. The van der Waals surface area contributed by atoms with Crippen LogP contribution in [-0.2, 0) is 14.4 Å². The number of rotatable bonds is 5. The molecule has 0 radical (unpaired) electrons. The Morgan fingerprint density at radius 3 is 2.32 bits per heavy atom. The van der Waals surface area contributed by atoms with E-state index < -0.39 is 36.3 Å². The molecule has 1 aliphatic heterocycles. The van der Waals surface area contributed by atoms with Crippen molar-refractivity contribution < 1.29 is 28.7 Å². The largest absolute Gasteiger partial charge is 0.497 e. The summed E-state index contributed by atoms with van der Waals surface area (Å²) < 4.78 is 5.01. The molecule has 0 spiro atoms. The van der Waals surface area contributed by atoms with Crippen LogP contribution in [0.4, 0.5) is 15.3 Å². The summed E-state index contributed by atoms with van der Waals surface area (Å²) >= 11 is 0. The van der Waals surface area contributed by atoms with Gasteiger partial charge in [-0.3, -0.25) is 19.7 Å². The number of benzene rings is 1. The van der Waals surface area contributed by atoms with Crippen LogP contribution in [0.1, 0.15) is 25.7 Å². The van der Waals surface area contributed by atoms with E-state index in [0.29, 0.717) is 15.5 Å². The smallest absolute Gasteiger partial charge is 0.339 e. The van der Waals surface area contributed by atoms with Crippen molar-refractivity contribution in [1.82, 2.24) is 15.5 Å². The first-order valence-electron chi connectivity index (χ1n) is 8.85. The summed E-state index contributed by atoms with van der Waals surface area (Å²) in [5.74, 6) is -2.55. The highest BCUT2D eigenvalue weighted by atomic mass is 16.5. The minimum atomic E-state index is -1.13. The van der Waals surface area contributed by atoms with Gasteiger partial charge in [0.05, 0.1) is 12.8 Å². The Kier molecular flexibility index (Phi) is 5.57. The molecule has 1 aromatic carbocycles. The van der Waals surface area contributed by atoms with Crippen molar-refractivity contribution in [2.75, 3.05) is 18.6 Å². The van der Waals surface area contributed by atoms with Crippen LogP contribution >= 0.6 is 0 Å². The van der Waals surface area contributed by atoms with Crippen molar-refractivity contribution in [2.45, 2.75) is 31.7 Å². The van der Waals surface area contributed by atoms with Gasteiger partial charge in [0.2, 0.25) is 5.91 Å². The van der Waals surface area contributed by atoms with Crippen LogP contribution < -0.4 is 20.3 Å². The number of hydrogen-bond acceptors (Lipinski definition) is 6. The molecule has 7 amide bonds. The Bertz CT molecular complexity index is 816. The van der Waals surface area contributed by atoms with E-state index in [1.54, 1.807) is 0 Å². The van der Waals surface area contributed by atoms with Crippen LogP contribution in [0.3, 0.4) is 0 Å². The molecular weight excluding hydrogens is 368 g/mol. The zero-order valence-electron chi connectivity index (χ0n) is 15.3. The molecule has 0 bridgehead atoms. The van der Waals surface area contributed by atoms with Crippen LogP contribution in [0.2, 0.25) is 0 Å². The lowest BCUT2D eigenvalue weighted by Crippen LogP contribution is -2.48. The lowest BCUT2D eigenvalue weighted by atomic mass is 10.2. The maximum Gasteiger partial charge on any atom is 0.339 e. The van der Waals surface area contributed by atoms with E-state index in [0.717, 1.165) is 25.7 Å². The van der Waals surface area contributed by atoms with E-state index in [4.69, 9.17) is 4.74 Å². The maximum absolute atomic E-state index is 12.5. The molecule has 10 nitrogen and oxygen atoms in total. The number of hydrogen-bond donors (Lipinski definition) is 2. The predicted molar refractivity (Wildman–Crippen MR) is 96.5 cm³/mol. The second-order valence-corrected chi connectivity index (χ2v) is 6.52. The standard InChI is InChI=1S/C18H20N4O6/c1-28-13-8-6-12(7-9-13)22-16(25)15(24)21(18(22)27)10-14(23)20-17(26)19-11-4-2-3-5-11/h6-9,11H,2-5,10H2,1H3,(H2,19,20,23,26). The Morgan fingerprint density at radius 2 is 1.71 bits per heavy atom. The number of amides is 7. The third-order valence-corrected chi connectivity index (χ3v) is 4.63. The topological polar surface area (TPSA) is 125 Å². The molecule has 2 N–H and O–H groups in total. The molecule has 1 aliphatic carbocycles. The van der Waals surface area contributed by atoms with E-state index in [-0.39, 0.29) is 11.7 Å². The van der Waals surface area contributed by atoms with Gasteiger partial charge in [0.25, 0.3) is 0 Å². The Balaban J connectivity index is 1.62. The van der Waals surface area contributed by atoms with E-state index in [2.05, 4.69) is 10.6 Å². The molecule has 0 atom stereocenters. The fourth-order valence-corrected chi connectivity index (χ4v) is 3.21. The Morgan fingerprint density at radius 1 is 1.07 bits per heavy atom. The van der Waals surface area contributed by atoms with Gasteiger partial charge in [0, 0.05) is 6.04 Å².